The van der Waals surface area contributed by atoms with E-state index in [2.05, 4.69) is 15.6 Å². The van der Waals surface area contributed by atoms with Crippen LogP contribution in [0.25, 0.3) is 22.7 Å². The Kier molecular flexibility index (Phi) is 5.33. The second-order valence-electron chi connectivity index (χ2n) is 6.42. The average molecular weight is 387 g/mol. The molecule has 4 rings (SSSR count). The summed E-state index contributed by atoms with van der Waals surface area (Å²) in [4.78, 5) is 16.6. The number of carbonyl (C=O) groups is 1. The molecule has 5 nitrogen and oxygen atoms in total. The van der Waals surface area contributed by atoms with Crippen LogP contribution in [-0.2, 0) is 6.54 Å². The van der Waals surface area contributed by atoms with Crippen LogP contribution >= 0.6 is 0 Å². The summed E-state index contributed by atoms with van der Waals surface area (Å²) in [7, 11) is 0. The van der Waals surface area contributed by atoms with Crippen molar-refractivity contribution >= 4 is 11.7 Å². The Bertz CT molecular complexity index is 1090. The number of hydrogen-bond donors (Lipinski definition) is 2. The van der Waals surface area contributed by atoms with Crippen molar-refractivity contribution in [3.63, 3.8) is 0 Å². The first kappa shape index (κ1) is 18.4. The minimum Gasteiger partial charge on any atom is -0.444 e. The Morgan fingerprint density at radius 3 is 2.34 bits per heavy atom. The second-order valence-corrected chi connectivity index (χ2v) is 6.42. The number of urea groups is 1. The maximum atomic E-state index is 12.9. The van der Waals surface area contributed by atoms with E-state index in [4.69, 9.17) is 4.42 Å². The summed E-state index contributed by atoms with van der Waals surface area (Å²) in [5, 5.41) is 5.49. The van der Waals surface area contributed by atoms with Gasteiger partial charge in [0, 0.05) is 23.4 Å². The molecule has 0 aliphatic carbocycles. The molecule has 1 aromatic heterocycles. The lowest BCUT2D eigenvalue weighted by molar-refractivity contribution is 0.251. The summed E-state index contributed by atoms with van der Waals surface area (Å²) in [6, 6.07) is 22.6. The highest BCUT2D eigenvalue weighted by atomic mass is 19.1. The molecular weight excluding hydrogens is 369 g/mol. The van der Waals surface area contributed by atoms with Gasteiger partial charge in [0.1, 0.15) is 17.8 Å². The number of halogens is 1. The zero-order valence-corrected chi connectivity index (χ0v) is 15.4. The third-order valence-electron chi connectivity index (χ3n) is 4.33. The fourth-order valence-electron chi connectivity index (χ4n) is 2.80. The maximum absolute atomic E-state index is 12.9. The van der Waals surface area contributed by atoms with Gasteiger partial charge in [-0.3, -0.25) is 0 Å². The minimum atomic E-state index is -0.343. The quantitative estimate of drug-likeness (QED) is 0.477. The minimum absolute atomic E-state index is 0.305. The fraction of sp³-hybridized carbons (Fsp3) is 0.0435. The normalized spacial score (nSPS) is 10.5. The molecule has 2 N–H and O–H groups in total. The van der Waals surface area contributed by atoms with Crippen molar-refractivity contribution in [2.75, 3.05) is 5.32 Å². The van der Waals surface area contributed by atoms with Gasteiger partial charge in [-0.25, -0.2) is 14.2 Å². The molecular formula is C23H18FN3O2. The number of nitrogens with zero attached hydrogens (tertiary/aromatic N) is 1. The van der Waals surface area contributed by atoms with Gasteiger partial charge < -0.3 is 15.1 Å². The molecule has 144 valence electrons. The smallest absolute Gasteiger partial charge is 0.319 e. The Balaban J connectivity index is 1.36. The number of amides is 2. The van der Waals surface area contributed by atoms with E-state index in [0.29, 0.717) is 18.1 Å². The number of rotatable bonds is 5. The van der Waals surface area contributed by atoms with Crippen molar-refractivity contribution in [1.82, 2.24) is 10.3 Å². The van der Waals surface area contributed by atoms with Gasteiger partial charge in [-0.1, -0.05) is 42.5 Å². The predicted molar refractivity (Wildman–Crippen MR) is 110 cm³/mol. The summed E-state index contributed by atoms with van der Waals surface area (Å²) < 4.78 is 18.5. The lowest BCUT2D eigenvalue weighted by Crippen LogP contribution is -2.28. The van der Waals surface area contributed by atoms with Crippen LogP contribution in [0.15, 0.2) is 89.5 Å². The predicted octanol–water partition coefficient (Wildman–Crippen LogP) is 5.47. The highest BCUT2D eigenvalue weighted by Crippen LogP contribution is 2.25. The van der Waals surface area contributed by atoms with Gasteiger partial charge in [0.05, 0.1) is 0 Å². The molecule has 1 heterocycles. The largest absolute Gasteiger partial charge is 0.444 e. The van der Waals surface area contributed by atoms with Crippen LogP contribution in [0, 0.1) is 5.82 Å². The molecule has 6 heteroatoms. The highest BCUT2D eigenvalue weighted by Gasteiger charge is 2.09. The zero-order chi connectivity index (χ0) is 20.1. The summed E-state index contributed by atoms with van der Waals surface area (Å²) in [6.07, 6.45) is 1.62. The van der Waals surface area contributed by atoms with Gasteiger partial charge in [-0.15, -0.1) is 0 Å². The molecule has 0 unspecified atom stereocenters. The molecule has 0 saturated heterocycles. The van der Waals surface area contributed by atoms with Gasteiger partial charge >= 0.3 is 6.03 Å². The van der Waals surface area contributed by atoms with Crippen molar-refractivity contribution in [1.29, 1.82) is 0 Å². The topological polar surface area (TPSA) is 67.2 Å². The fourth-order valence-corrected chi connectivity index (χ4v) is 2.80. The highest BCUT2D eigenvalue weighted by molar-refractivity contribution is 5.89. The molecule has 29 heavy (non-hydrogen) atoms. The molecule has 0 aliphatic rings. The number of anilines is 1. The number of hydrogen-bond acceptors (Lipinski definition) is 3. The Morgan fingerprint density at radius 1 is 0.897 bits per heavy atom. The molecule has 0 bridgehead atoms. The monoisotopic (exact) mass is 387 g/mol. The van der Waals surface area contributed by atoms with E-state index in [1.807, 2.05) is 42.5 Å². The number of oxazole rings is 1. The molecule has 0 radical (unpaired) electrons. The van der Waals surface area contributed by atoms with Crippen LogP contribution in [0.2, 0.25) is 0 Å². The van der Waals surface area contributed by atoms with Gasteiger partial charge in [0.2, 0.25) is 5.89 Å². The van der Waals surface area contributed by atoms with Gasteiger partial charge in [-0.2, -0.15) is 0 Å². The molecule has 0 saturated carbocycles. The van der Waals surface area contributed by atoms with Gasteiger partial charge in [-0.05, 0) is 42.0 Å². The zero-order valence-electron chi connectivity index (χ0n) is 15.4. The van der Waals surface area contributed by atoms with E-state index < -0.39 is 0 Å². The van der Waals surface area contributed by atoms with E-state index >= 15 is 0 Å². The third-order valence-corrected chi connectivity index (χ3v) is 4.33. The van der Waals surface area contributed by atoms with E-state index in [-0.39, 0.29) is 11.8 Å². The summed E-state index contributed by atoms with van der Waals surface area (Å²) >= 11 is 0. The van der Waals surface area contributed by atoms with Crippen LogP contribution in [0.4, 0.5) is 14.9 Å². The molecule has 0 aliphatic heterocycles. The van der Waals surface area contributed by atoms with E-state index in [0.717, 1.165) is 22.4 Å². The average Bonchev–Trinajstić information content (AvgIpc) is 3.25. The SMILES string of the molecule is O=C(NCc1ccc(F)cc1)Nc1ccc(-c2nc(-c3ccccc3)co2)cc1. The summed E-state index contributed by atoms with van der Waals surface area (Å²) in [5.41, 5.74) is 4.02. The summed E-state index contributed by atoms with van der Waals surface area (Å²) in [5.74, 6) is 0.205. The van der Waals surface area contributed by atoms with Crippen molar-refractivity contribution in [3.8, 4) is 22.7 Å². The van der Waals surface area contributed by atoms with Gasteiger partial charge in [0.15, 0.2) is 0 Å². The van der Waals surface area contributed by atoms with Gasteiger partial charge in [0.25, 0.3) is 0 Å². The first-order chi connectivity index (χ1) is 14.2. The van der Waals surface area contributed by atoms with Crippen LogP contribution in [0.5, 0.6) is 0 Å². The molecule has 2 amide bonds. The van der Waals surface area contributed by atoms with E-state index in [1.54, 1.807) is 30.5 Å². The van der Waals surface area contributed by atoms with Crippen LogP contribution in [0.3, 0.4) is 0 Å². The first-order valence-electron chi connectivity index (χ1n) is 9.08. The van der Waals surface area contributed by atoms with Crippen molar-refractivity contribution < 1.29 is 13.6 Å². The number of aromatic nitrogens is 1. The van der Waals surface area contributed by atoms with Crippen molar-refractivity contribution in [3.05, 3.63) is 96.5 Å². The number of benzene rings is 3. The maximum Gasteiger partial charge on any atom is 0.319 e. The lowest BCUT2D eigenvalue weighted by atomic mass is 10.2. The van der Waals surface area contributed by atoms with Crippen molar-refractivity contribution in [2.45, 2.75) is 6.54 Å². The van der Waals surface area contributed by atoms with Crippen molar-refractivity contribution in [2.24, 2.45) is 0 Å². The van der Waals surface area contributed by atoms with E-state index in [9.17, 15) is 9.18 Å². The molecule has 0 atom stereocenters. The Morgan fingerprint density at radius 2 is 1.62 bits per heavy atom. The standard InChI is InChI=1S/C23H18FN3O2/c24-19-10-6-16(7-11-19)14-25-23(28)26-20-12-8-18(9-13-20)22-27-21(15-29-22)17-4-2-1-3-5-17/h1-13,15H,14H2,(H2,25,26,28). The second kappa shape index (κ2) is 8.39. The molecule has 0 spiro atoms. The molecule has 3 aromatic carbocycles. The first-order valence-corrected chi connectivity index (χ1v) is 9.08. The van der Waals surface area contributed by atoms with Crippen LogP contribution < -0.4 is 10.6 Å². The lowest BCUT2D eigenvalue weighted by Gasteiger charge is -2.08. The van der Waals surface area contributed by atoms with Crippen LogP contribution in [-0.4, -0.2) is 11.0 Å². The van der Waals surface area contributed by atoms with Crippen LogP contribution in [0.1, 0.15) is 5.56 Å². The Labute approximate surface area is 167 Å². The summed E-state index contributed by atoms with van der Waals surface area (Å²) in [6.45, 7) is 0.308. The number of nitrogens with one attached hydrogen (secondary N) is 2. The molecule has 0 fully saturated rings. The third kappa shape index (κ3) is 4.68. The Hall–Kier alpha value is -3.93. The number of carbonyl (C=O) groups excluding carboxylic acids is 1. The van der Waals surface area contributed by atoms with E-state index in [1.165, 1.54) is 12.1 Å². The molecule has 4 aromatic rings.